The van der Waals surface area contributed by atoms with Gasteiger partial charge in [-0.1, -0.05) is 31.4 Å². The van der Waals surface area contributed by atoms with Gasteiger partial charge in [-0.25, -0.2) is 0 Å². The molecule has 1 saturated carbocycles. The van der Waals surface area contributed by atoms with E-state index in [9.17, 15) is 0 Å². The summed E-state index contributed by atoms with van der Waals surface area (Å²) in [5.41, 5.74) is 3.52. The van der Waals surface area contributed by atoms with Crippen molar-refractivity contribution in [2.24, 2.45) is 11.3 Å². The number of likely N-dealkylation sites (N-methyl/N-ethyl adjacent to an activating group) is 1. The van der Waals surface area contributed by atoms with Crippen LogP contribution in [0.3, 0.4) is 0 Å². The summed E-state index contributed by atoms with van der Waals surface area (Å²) in [6.07, 6.45) is 19.7. The predicted molar refractivity (Wildman–Crippen MR) is 99.8 cm³/mol. The smallest absolute Gasteiger partial charge is 0.104 e. The number of nitrogens with zero attached hydrogens (tertiary/aromatic N) is 1. The fourth-order valence-corrected chi connectivity index (χ4v) is 6.05. The van der Waals surface area contributed by atoms with Crippen molar-refractivity contribution in [3.8, 4) is 0 Å². The third-order valence-corrected chi connectivity index (χ3v) is 7.06. The van der Waals surface area contributed by atoms with Crippen molar-refractivity contribution in [3.05, 3.63) is 35.1 Å². The molecule has 0 spiro atoms. The van der Waals surface area contributed by atoms with Gasteiger partial charge in [0.2, 0.25) is 0 Å². The SMILES string of the molecule is CCOC1=C[C@]2(N(C)C)C(C3=CCCCCC3)=C[C@]13CCCC[C@@H]32. The zero-order chi connectivity index (χ0) is 16.8. The largest absolute Gasteiger partial charge is 0.498 e. The Kier molecular flexibility index (Phi) is 4.15. The predicted octanol–water partition coefficient (Wildman–Crippen LogP) is 5.23. The van der Waals surface area contributed by atoms with Gasteiger partial charge in [0.15, 0.2) is 0 Å². The molecule has 0 aromatic carbocycles. The average Bonchev–Trinajstić information content (AvgIpc) is 2.86. The number of rotatable bonds is 4. The number of ether oxygens (including phenoxy) is 1. The first-order chi connectivity index (χ1) is 11.6. The maximum atomic E-state index is 6.20. The zero-order valence-corrected chi connectivity index (χ0v) is 15.7. The Morgan fingerprint density at radius 1 is 1.12 bits per heavy atom. The van der Waals surface area contributed by atoms with Crippen LogP contribution in [0.1, 0.15) is 64.7 Å². The Bertz CT molecular complexity index is 599. The number of hydrogen-bond acceptors (Lipinski definition) is 2. The van der Waals surface area contributed by atoms with Gasteiger partial charge >= 0.3 is 0 Å². The molecule has 0 saturated heterocycles. The molecule has 4 aliphatic carbocycles. The maximum absolute atomic E-state index is 6.20. The Balaban J connectivity index is 1.82. The Morgan fingerprint density at radius 2 is 2.00 bits per heavy atom. The van der Waals surface area contributed by atoms with Gasteiger partial charge < -0.3 is 4.74 Å². The van der Waals surface area contributed by atoms with Gasteiger partial charge in [-0.2, -0.15) is 0 Å². The molecular formula is C22H33NO. The van der Waals surface area contributed by atoms with E-state index in [1.807, 2.05) is 0 Å². The first-order valence-electron chi connectivity index (χ1n) is 10.1. The van der Waals surface area contributed by atoms with E-state index in [-0.39, 0.29) is 11.0 Å². The normalized spacial score (nSPS) is 38.3. The summed E-state index contributed by atoms with van der Waals surface area (Å²) < 4.78 is 6.20. The van der Waals surface area contributed by atoms with Crippen molar-refractivity contribution in [3.63, 3.8) is 0 Å². The minimum atomic E-state index is 0.0705. The lowest BCUT2D eigenvalue weighted by atomic mass is 9.66. The lowest BCUT2D eigenvalue weighted by Crippen LogP contribution is -2.49. The summed E-state index contributed by atoms with van der Waals surface area (Å²) >= 11 is 0. The van der Waals surface area contributed by atoms with E-state index in [1.165, 1.54) is 63.5 Å². The molecule has 0 aromatic rings. The van der Waals surface area contributed by atoms with Gasteiger partial charge in [-0.05, 0) is 76.8 Å². The van der Waals surface area contributed by atoms with Crippen LogP contribution in [0, 0.1) is 11.3 Å². The Labute approximate surface area is 147 Å². The van der Waals surface area contributed by atoms with Crippen molar-refractivity contribution in [1.82, 2.24) is 4.90 Å². The van der Waals surface area contributed by atoms with Gasteiger partial charge in [0.05, 0.1) is 17.6 Å². The average molecular weight is 328 g/mol. The molecule has 0 aromatic heterocycles. The molecule has 0 radical (unpaired) electrons. The molecule has 0 unspecified atom stereocenters. The topological polar surface area (TPSA) is 12.5 Å². The molecular weight excluding hydrogens is 294 g/mol. The number of hydrogen-bond donors (Lipinski definition) is 0. The van der Waals surface area contributed by atoms with Gasteiger partial charge in [-0.15, -0.1) is 0 Å². The van der Waals surface area contributed by atoms with Crippen molar-refractivity contribution >= 4 is 0 Å². The molecule has 0 N–H and O–H groups in total. The fourth-order valence-electron chi connectivity index (χ4n) is 6.05. The summed E-state index contributed by atoms with van der Waals surface area (Å²) in [6.45, 7) is 2.91. The quantitative estimate of drug-likeness (QED) is 0.701. The number of allylic oxidation sites excluding steroid dienone is 2. The second-order valence-corrected chi connectivity index (χ2v) is 8.39. The molecule has 0 heterocycles. The van der Waals surface area contributed by atoms with Crippen LogP contribution in [-0.2, 0) is 4.74 Å². The van der Waals surface area contributed by atoms with Crippen LogP contribution in [0.5, 0.6) is 0 Å². The first kappa shape index (κ1) is 16.4. The van der Waals surface area contributed by atoms with Crippen molar-refractivity contribution in [2.45, 2.75) is 70.3 Å². The zero-order valence-electron chi connectivity index (χ0n) is 15.7. The second kappa shape index (κ2) is 6.05. The van der Waals surface area contributed by atoms with Crippen LogP contribution in [-0.4, -0.2) is 31.1 Å². The van der Waals surface area contributed by atoms with Crippen LogP contribution in [0.4, 0.5) is 0 Å². The molecule has 132 valence electrons. The van der Waals surface area contributed by atoms with Gasteiger partial charge in [0.1, 0.15) is 5.76 Å². The Hall–Kier alpha value is -1.02. The van der Waals surface area contributed by atoms with Crippen LogP contribution >= 0.6 is 0 Å². The van der Waals surface area contributed by atoms with Gasteiger partial charge in [0, 0.05) is 5.92 Å². The van der Waals surface area contributed by atoms with Crippen molar-refractivity contribution < 1.29 is 4.74 Å². The van der Waals surface area contributed by atoms with E-state index in [0.717, 1.165) is 6.61 Å². The Morgan fingerprint density at radius 3 is 2.79 bits per heavy atom. The molecule has 0 aliphatic heterocycles. The van der Waals surface area contributed by atoms with Crippen LogP contribution < -0.4 is 0 Å². The minimum Gasteiger partial charge on any atom is -0.498 e. The van der Waals surface area contributed by atoms with Crippen LogP contribution in [0.2, 0.25) is 0 Å². The van der Waals surface area contributed by atoms with Gasteiger partial charge in [0.25, 0.3) is 0 Å². The lowest BCUT2D eigenvalue weighted by molar-refractivity contribution is 0.0722. The molecule has 2 bridgehead atoms. The molecule has 1 fully saturated rings. The summed E-state index contributed by atoms with van der Waals surface area (Å²) in [6, 6.07) is 0. The molecule has 0 amide bonds. The molecule has 3 atom stereocenters. The van der Waals surface area contributed by atoms with Crippen molar-refractivity contribution in [2.75, 3.05) is 20.7 Å². The van der Waals surface area contributed by atoms with Crippen LogP contribution in [0.25, 0.3) is 0 Å². The molecule has 2 heteroatoms. The molecule has 4 rings (SSSR count). The monoisotopic (exact) mass is 327 g/mol. The summed E-state index contributed by atoms with van der Waals surface area (Å²) in [4.78, 5) is 2.49. The summed E-state index contributed by atoms with van der Waals surface area (Å²) in [7, 11) is 4.56. The first-order valence-corrected chi connectivity index (χ1v) is 10.1. The summed E-state index contributed by atoms with van der Waals surface area (Å²) in [5.74, 6) is 1.95. The maximum Gasteiger partial charge on any atom is 0.104 e. The van der Waals surface area contributed by atoms with E-state index in [2.05, 4.69) is 44.1 Å². The van der Waals surface area contributed by atoms with E-state index < -0.39 is 0 Å². The summed E-state index contributed by atoms with van der Waals surface area (Å²) in [5, 5.41) is 0. The van der Waals surface area contributed by atoms with Crippen LogP contribution in [0.15, 0.2) is 35.1 Å². The van der Waals surface area contributed by atoms with Gasteiger partial charge in [-0.3, -0.25) is 4.90 Å². The fraction of sp³-hybridized carbons (Fsp3) is 0.727. The second-order valence-electron chi connectivity index (χ2n) is 8.39. The molecule has 24 heavy (non-hydrogen) atoms. The highest BCUT2D eigenvalue weighted by molar-refractivity contribution is 5.59. The highest BCUT2D eigenvalue weighted by Crippen LogP contribution is 2.67. The third-order valence-electron chi connectivity index (χ3n) is 7.06. The molecule has 2 nitrogen and oxygen atoms in total. The van der Waals surface area contributed by atoms with E-state index in [0.29, 0.717) is 5.92 Å². The van der Waals surface area contributed by atoms with E-state index >= 15 is 0 Å². The lowest BCUT2D eigenvalue weighted by Gasteiger charge is -2.44. The van der Waals surface area contributed by atoms with E-state index in [1.54, 1.807) is 11.1 Å². The molecule has 4 aliphatic rings. The van der Waals surface area contributed by atoms with Crippen molar-refractivity contribution in [1.29, 1.82) is 0 Å². The minimum absolute atomic E-state index is 0.0705. The standard InChI is InChI=1S/C22H33NO/c1-4-24-20-16-22(23(2)3)18(17-11-7-5-6-8-12-17)15-21(20)14-10-9-13-19(21)22/h11,15-16,19H,4-10,12-14H2,1-3H3/t19-,21-,22-/m0/s1. The third kappa shape index (κ3) is 2.11. The van der Waals surface area contributed by atoms with E-state index in [4.69, 9.17) is 4.74 Å². The highest BCUT2D eigenvalue weighted by Gasteiger charge is 2.65. The highest BCUT2D eigenvalue weighted by atomic mass is 16.5.